The average Bonchev–Trinajstić information content (AvgIpc) is 3.10. The van der Waals surface area contributed by atoms with Gasteiger partial charge in [0.2, 0.25) is 0 Å². The fourth-order valence-corrected chi connectivity index (χ4v) is 2.38. The molecule has 1 aromatic rings. The smallest absolute Gasteiger partial charge is 0.444 e. The quantitative estimate of drug-likeness (QED) is 0.856. The third-order valence-electron chi connectivity index (χ3n) is 3.40. The van der Waals surface area contributed by atoms with Crippen LogP contribution in [-0.4, -0.2) is 50.4 Å². The van der Waals surface area contributed by atoms with Crippen molar-refractivity contribution in [3.63, 3.8) is 0 Å². The van der Waals surface area contributed by atoms with E-state index in [1.165, 1.54) is 4.90 Å². The van der Waals surface area contributed by atoms with Crippen molar-refractivity contribution in [1.82, 2.24) is 25.4 Å². The standard InChI is InChI=1S/C14H20F3N5O3/c1-13(2,3)25-12(24)22-6-4-5-8(22)10-19-9(20-21-10)7-18-11(23)14(15,16)17/h8H,4-7H2,1-3H3,(H,18,23)(H,19,20,21)/t8-/m0/s1. The second-order valence-corrected chi connectivity index (χ2v) is 6.65. The number of ether oxygens (including phenoxy) is 1. The first-order valence-corrected chi connectivity index (χ1v) is 7.73. The maximum absolute atomic E-state index is 12.2. The summed E-state index contributed by atoms with van der Waals surface area (Å²) in [6, 6.07) is -0.418. The van der Waals surface area contributed by atoms with Gasteiger partial charge in [-0.2, -0.15) is 18.3 Å². The van der Waals surface area contributed by atoms with Crippen LogP contribution in [0.15, 0.2) is 0 Å². The van der Waals surface area contributed by atoms with Gasteiger partial charge in [-0.1, -0.05) is 0 Å². The molecule has 0 saturated carbocycles. The minimum atomic E-state index is -4.96. The van der Waals surface area contributed by atoms with Crippen LogP contribution < -0.4 is 5.32 Å². The molecule has 1 aliphatic rings. The van der Waals surface area contributed by atoms with E-state index in [0.717, 1.165) is 6.42 Å². The fraction of sp³-hybridized carbons (Fsp3) is 0.714. The van der Waals surface area contributed by atoms with Crippen molar-refractivity contribution in [3.8, 4) is 0 Å². The van der Waals surface area contributed by atoms with Crippen LogP contribution in [0.3, 0.4) is 0 Å². The molecule has 1 fully saturated rings. The molecule has 8 nitrogen and oxygen atoms in total. The maximum Gasteiger partial charge on any atom is 0.471 e. The molecule has 2 N–H and O–H groups in total. The van der Waals surface area contributed by atoms with E-state index < -0.39 is 36.4 Å². The van der Waals surface area contributed by atoms with Crippen LogP contribution in [0.1, 0.15) is 51.3 Å². The van der Waals surface area contributed by atoms with Crippen LogP contribution in [0, 0.1) is 0 Å². The maximum atomic E-state index is 12.2. The van der Waals surface area contributed by atoms with Crippen molar-refractivity contribution in [1.29, 1.82) is 0 Å². The van der Waals surface area contributed by atoms with Crippen molar-refractivity contribution in [2.24, 2.45) is 0 Å². The van der Waals surface area contributed by atoms with E-state index in [1.807, 2.05) is 0 Å². The van der Waals surface area contributed by atoms with Crippen molar-refractivity contribution >= 4 is 12.0 Å². The lowest BCUT2D eigenvalue weighted by Crippen LogP contribution is -2.37. The van der Waals surface area contributed by atoms with E-state index in [2.05, 4.69) is 15.2 Å². The lowest BCUT2D eigenvalue weighted by Gasteiger charge is -2.27. The van der Waals surface area contributed by atoms with E-state index in [1.54, 1.807) is 26.1 Å². The number of hydrogen-bond acceptors (Lipinski definition) is 5. The predicted octanol–water partition coefficient (Wildman–Crippen LogP) is 2.06. The van der Waals surface area contributed by atoms with E-state index >= 15 is 0 Å². The van der Waals surface area contributed by atoms with E-state index in [-0.39, 0.29) is 11.6 Å². The number of alkyl halides is 3. The molecule has 140 valence electrons. The number of amides is 2. The number of likely N-dealkylation sites (tertiary alicyclic amines) is 1. The Morgan fingerprint density at radius 2 is 2.04 bits per heavy atom. The van der Waals surface area contributed by atoms with Crippen LogP contribution in [0.4, 0.5) is 18.0 Å². The van der Waals surface area contributed by atoms with Gasteiger partial charge in [-0.25, -0.2) is 9.78 Å². The Labute approximate surface area is 142 Å². The SMILES string of the molecule is CC(C)(C)OC(=O)N1CCC[C@H]1c1n[nH]c(CNC(=O)C(F)(F)F)n1. The molecule has 11 heteroatoms. The summed E-state index contributed by atoms with van der Waals surface area (Å²) in [5, 5.41) is 8.13. The summed E-state index contributed by atoms with van der Waals surface area (Å²) in [4.78, 5) is 28.6. The summed E-state index contributed by atoms with van der Waals surface area (Å²) in [7, 11) is 0. The largest absolute Gasteiger partial charge is 0.471 e. The van der Waals surface area contributed by atoms with Crippen LogP contribution in [0.2, 0.25) is 0 Å². The number of carbonyl (C=O) groups is 2. The summed E-state index contributed by atoms with van der Waals surface area (Å²) >= 11 is 0. The Balaban J connectivity index is 2.00. The van der Waals surface area contributed by atoms with Crippen molar-refractivity contribution in [2.45, 2.75) is 58.0 Å². The van der Waals surface area contributed by atoms with Crippen LogP contribution >= 0.6 is 0 Å². The third kappa shape index (κ3) is 5.07. The second kappa shape index (κ2) is 6.89. The van der Waals surface area contributed by atoms with Gasteiger partial charge in [0.15, 0.2) is 5.82 Å². The summed E-state index contributed by atoms with van der Waals surface area (Å²) < 4.78 is 41.8. The number of nitrogens with zero attached hydrogens (tertiary/aromatic N) is 3. The van der Waals surface area contributed by atoms with Gasteiger partial charge >= 0.3 is 18.2 Å². The number of aromatic amines is 1. The minimum absolute atomic E-state index is 0.0728. The Morgan fingerprint density at radius 3 is 2.64 bits per heavy atom. The Bertz CT molecular complexity index is 638. The van der Waals surface area contributed by atoms with Gasteiger partial charge in [-0.3, -0.25) is 14.8 Å². The molecule has 1 aliphatic heterocycles. The molecule has 1 saturated heterocycles. The summed E-state index contributed by atoms with van der Waals surface area (Å²) in [6.45, 7) is 5.30. The Kier molecular flexibility index (Phi) is 5.23. The zero-order chi connectivity index (χ0) is 18.8. The zero-order valence-electron chi connectivity index (χ0n) is 14.1. The topological polar surface area (TPSA) is 100 Å². The predicted molar refractivity (Wildman–Crippen MR) is 79.2 cm³/mol. The molecule has 0 aliphatic carbocycles. The van der Waals surface area contributed by atoms with Crippen molar-refractivity contribution in [2.75, 3.05) is 6.54 Å². The van der Waals surface area contributed by atoms with Crippen molar-refractivity contribution in [3.05, 3.63) is 11.6 Å². The summed E-state index contributed by atoms with van der Waals surface area (Å²) in [6.07, 6.45) is -4.10. The highest BCUT2D eigenvalue weighted by Crippen LogP contribution is 2.31. The molecule has 1 atom stereocenters. The molecule has 0 unspecified atom stereocenters. The molecule has 0 radical (unpaired) electrons. The first-order chi connectivity index (χ1) is 11.5. The van der Waals surface area contributed by atoms with E-state index in [9.17, 15) is 22.8 Å². The molecule has 25 heavy (non-hydrogen) atoms. The van der Waals surface area contributed by atoms with Crippen LogP contribution in [-0.2, 0) is 16.1 Å². The normalized spacial score (nSPS) is 18.3. The Hall–Kier alpha value is -2.33. The highest BCUT2D eigenvalue weighted by molar-refractivity contribution is 5.81. The first-order valence-electron chi connectivity index (χ1n) is 7.73. The molecule has 2 amide bonds. The molecule has 0 aromatic carbocycles. The molecule has 0 spiro atoms. The summed E-state index contributed by atoms with van der Waals surface area (Å²) in [5.41, 5.74) is -0.643. The lowest BCUT2D eigenvalue weighted by molar-refractivity contribution is -0.173. The highest BCUT2D eigenvalue weighted by Gasteiger charge is 2.39. The van der Waals surface area contributed by atoms with Crippen LogP contribution in [0.5, 0.6) is 0 Å². The van der Waals surface area contributed by atoms with Crippen LogP contribution in [0.25, 0.3) is 0 Å². The number of halogens is 3. The Morgan fingerprint density at radius 1 is 1.36 bits per heavy atom. The highest BCUT2D eigenvalue weighted by atomic mass is 19.4. The molecule has 2 heterocycles. The van der Waals surface area contributed by atoms with Gasteiger partial charge in [-0.15, -0.1) is 0 Å². The molecule has 2 rings (SSSR count). The number of carbonyl (C=O) groups excluding carboxylic acids is 2. The van der Waals surface area contributed by atoms with Gasteiger partial charge < -0.3 is 10.1 Å². The number of hydrogen-bond donors (Lipinski definition) is 2. The average molecular weight is 363 g/mol. The number of nitrogens with one attached hydrogen (secondary N) is 2. The van der Waals surface area contributed by atoms with E-state index in [4.69, 9.17) is 4.74 Å². The minimum Gasteiger partial charge on any atom is -0.444 e. The molecule has 0 bridgehead atoms. The number of aromatic nitrogens is 3. The monoisotopic (exact) mass is 363 g/mol. The molecular formula is C14H20F3N5O3. The lowest BCUT2D eigenvalue weighted by atomic mass is 10.2. The second-order valence-electron chi connectivity index (χ2n) is 6.65. The van der Waals surface area contributed by atoms with E-state index in [0.29, 0.717) is 13.0 Å². The fourth-order valence-electron chi connectivity index (χ4n) is 2.38. The van der Waals surface area contributed by atoms with Gasteiger partial charge in [0.1, 0.15) is 11.4 Å². The zero-order valence-corrected chi connectivity index (χ0v) is 14.1. The van der Waals surface area contributed by atoms with Gasteiger partial charge in [0.25, 0.3) is 0 Å². The van der Waals surface area contributed by atoms with Gasteiger partial charge in [-0.05, 0) is 33.6 Å². The summed E-state index contributed by atoms with van der Waals surface area (Å²) in [5.74, 6) is -1.70. The van der Waals surface area contributed by atoms with Crippen molar-refractivity contribution < 1.29 is 27.5 Å². The molecule has 1 aromatic heterocycles. The van der Waals surface area contributed by atoms with Gasteiger partial charge in [0, 0.05) is 6.54 Å². The molecular weight excluding hydrogens is 343 g/mol. The first kappa shape index (κ1) is 19.0. The number of H-pyrrole nitrogens is 1. The van der Waals surface area contributed by atoms with Gasteiger partial charge in [0.05, 0.1) is 12.6 Å². The third-order valence-corrected chi connectivity index (χ3v) is 3.40. The number of rotatable bonds is 3.